The summed E-state index contributed by atoms with van der Waals surface area (Å²) >= 11 is 0. The maximum Gasteiger partial charge on any atom is 0.0991 e. The van der Waals surface area contributed by atoms with Gasteiger partial charge in [-0.1, -0.05) is 12.1 Å². The molecule has 2 atom stereocenters. The average molecular weight is 188 g/mol. The molecule has 2 rings (SSSR count). The van der Waals surface area contributed by atoms with Gasteiger partial charge in [0.1, 0.15) is 0 Å². The van der Waals surface area contributed by atoms with Gasteiger partial charge in [-0.05, 0) is 17.7 Å². The Morgan fingerprint density at radius 3 is 2.57 bits per heavy atom. The second-order valence-electron chi connectivity index (χ2n) is 3.40. The predicted octanol–water partition coefficient (Wildman–Crippen LogP) is 0.0345. The Morgan fingerprint density at radius 1 is 1.36 bits per heavy atom. The molecule has 0 saturated carbocycles. The zero-order valence-electron chi connectivity index (χ0n) is 7.70. The lowest BCUT2D eigenvalue weighted by Gasteiger charge is -2.14. The van der Waals surface area contributed by atoms with Gasteiger partial charge in [-0.15, -0.1) is 0 Å². The molecule has 0 aliphatic carbocycles. The number of rotatable bonds is 1. The summed E-state index contributed by atoms with van der Waals surface area (Å²) in [6, 6.07) is 9.80. The molecule has 1 aliphatic heterocycles. The van der Waals surface area contributed by atoms with E-state index >= 15 is 0 Å². The van der Waals surface area contributed by atoms with Crippen LogP contribution < -0.4 is 16.6 Å². The number of nitrogens with zero attached hydrogens (tertiary/aromatic N) is 1. The molecule has 4 nitrogen and oxygen atoms in total. The minimum absolute atomic E-state index is 0.0861. The van der Waals surface area contributed by atoms with Gasteiger partial charge < -0.3 is 5.73 Å². The van der Waals surface area contributed by atoms with Crippen molar-refractivity contribution in [3.8, 4) is 6.07 Å². The van der Waals surface area contributed by atoms with Gasteiger partial charge in [-0.2, -0.15) is 5.26 Å². The van der Waals surface area contributed by atoms with Crippen molar-refractivity contribution >= 4 is 0 Å². The van der Waals surface area contributed by atoms with E-state index in [1.807, 2.05) is 24.3 Å². The van der Waals surface area contributed by atoms with Crippen molar-refractivity contribution in [2.24, 2.45) is 5.73 Å². The lowest BCUT2D eigenvalue weighted by Crippen LogP contribution is -2.29. The highest BCUT2D eigenvalue weighted by Crippen LogP contribution is 2.18. The summed E-state index contributed by atoms with van der Waals surface area (Å²) < 4.78 is 0. The first kappa shape index (κ1) is 9.16. The standard InChI is InChI=1S/C10H12N4/c11-5-7-1-3-8(4-2-7)10-9(12)6-13-14-10/h1-4,9-10,13-14H,6,12H2. The molecule has 2 unspecified atom stereocenters. The molecule has 1 heterocycles. The van der Waals surface area contributed by atoms with Crippen LogP contribution >= 0.6 is 0 Å². The monoisotopic (exact) mass is 188 g/mol. The van der Waals surface area contributed by atoms with Crippen LogP contribution in [0.3, 0.4) is 0 Å². The lowest BCUT2D eigenvalue weighted by molar-refractivity contribution is 0.551. The molecule has 0 radical (unpaired) electrons. The van der Waals surface area contributed by atoms with E-state index in [1.54, 1.807) is 0 Å². The number of hydrazine groups is 1. The summed E-state index contributed by atoms with van der Waals surface area (Å²) in [6.07, 6.45) is 0. The molecule has 1 aromatic rings. The van der Waals surface area contributed by atoms with E-state index < -0.39 is 0 Å². The van der Waals surface area contributed by atoms with Crippen LogP contribution in [0, 0.1) is 11.3 Å². The van der Waals surface area contributed by atoms with Crippen LogP contribution in [0.1, 0.15) is 17.2 Å². The zero-order valence-corrected chi connectivity index (χ0v) is 7.70. The van der Waals surface area contributed by atoms with Crippen molar-refractivity contribution in [1.82, 2.24) is 10.9 Å². The minimum atomic E-state index is 0.0861. The predicted molar refractivity (Wildman–Crippen MR) is 53.0 cm³/mol. The maximum absolute atomic E-state index is 8.64. The molecule has 1 fully saturated rings. The van der Waals surface area contributed by atoms with E-state index in [0.29, 0.717) is 5.56 Å². The molecular weight excluding hydrogens is 176 g/mol. The number of nitriles is 1. The molecule has 4 N–H and O–H groups in total. The third-order valence-corrected chi connectivity index (χ3v) is 2.42. The van der Waals surface area contributed by atoms with Gasteiger partial charge in [0, 0.05) is 12.6 Å². The normalized spacial score (nSPS) is 26.0. The first-order valence-electron chi connectivity index (χ1n) is 4.55. The van der Waals surface area contributed by atoms with Crippen LogP contribution in [0.2, 0.25) is 0 Å². The smallest absolute Gasteiger partial charge is 0.0991 e. The summed E-state index contributed by atoms with van der Waals surface area (Å²) in [4.78, 5) is 0. The first-order chi connectivity index (χ1) is 6.81. The molecular formula is C10H12N4. The molecule has 1 saturated heterocycles. The Labute approximate surface area is 82.7 Å². The third-order valence-electron chi connectivity index (χ3n) is 2.42. The summed E-state index contributed by atoms with van der Waals surface area (Å²) in [6.45, 7) is 0.769. The lowest BCUT2D eigenvalue weighted by atomic mass is 10.0. The fraction of sp³-hybridized carbons (Fsp3) is 0.300. The van der Waals surface area contributed by atoms with Gasteiger partial charge in [0.05, 0.1) is 17.7 Å². The Kier molecular flexibility index (Phi) is 2.46. The van der Waals surface area contributed by atoms with Gasteiger partial charge in [0.25, 0.3) is 0 Å². The molecule has 0 aromatic heterocycles. The zero-order chi connectivity index (χ0) is 9.97. The highest BCUT2D eigenvalue weighted by Gasteiger charge is 2.24. The second-order valence-corrected chi connectivity index (χ2v) is 3.40. The van der Waals surface area contributed by atoms with Crippen molar-refractivity contribution in [3.05, 3.63) is 35.4 Å². The molecule has 72 valence electrons. The Bertz CT molecular complexity index is 351. The fourth-order valence-electron chi connectivity index (χ4n) is 1.61. The first-order valence-corrected chi connectivity index (χ1v) is 4.55. The van der Waals surface area contributed by atoms with Crippen molar-refractivity contribution in [2.75, 3.05) is 6.54 Å². The van der Waals surface area contributed by atoms with Gasteiger partial charge in [0.2, 0.25) is 0 Å². The number of hydrogen-bond donors (Lipinski definition) is 3. The van der Waals surface area contributed by atoms with Crippen molar-refractivity contribution in [3.63, 3.8) is 0 Å². The van der Waals surface area contributed by atoms with Crippen LogP contribution in [0.15, 0.2) is 24.3 Å². The topological polar surface area (TPSA) is 73.9 Å². The summed E-state index contributed by atoms with van der Waals surface area (Å²) in [5.41, 5.74) is 13.8. The van der Waals surface area contributed by atoms with Crippen molar-refractivity contribution < 1.29 is 0 Å². The Hall–Kier alpha value is -1.41. The molecule has 0 spiro atoms. The molecule has 4 heteroatoms. The van der Waals surface area contributed by atoms with Crippen LogP contribution in [-0.4, -0.2) is 12.6 Å². The molecule has 0 bridgehead atoms. The average Bonchev–Trinajstić information content (AvgIpc) is 2.65. The van der Waals surface area contributed by atoms with Gasteiger partial charge in [0.15, 0.2) is 0 Å². The summed E-state index contributed by atoms with van der Waals surface area (Å²) in [5, 5.41) is 8.64. The Balaban J connectivity index is 2.21. The highest BCUT2D eigenvalue weighted by atomic mass is 15.4. The van der Waals surface area contributed by atoms with Crippen molar-refractivity contribution in [1.29, 1.82) is 5.26 Å². The van der Waals surface area contributed by atoms with Gasteiger partial charge in [-0.3, -0.25) is 5.43 Å². The molecule has 14 heavy (non-hydrogen) atoms. The number of nitrogens with two attached hydrogens (primary N) is 1. The minimum Gasteiger partial charge on any atom is -0.325 e. The number of nitrogens with one attached hydrogen (secondary N) is 2. The number of benzene rings is 1. The molecule has 0 amide bonds. The van der Waals surface area contributed by atoms with Crippen LogP contribution in [0.5, 0.6) is 0 Å². The molecule has 1 aromatic carbocycles. The van der Waals surface area contributed by atoms with Crippen LogP contribution in [0.25, 0.3) is 0 Å². The van der Waals surface area contributed by atoms with E-state index in [-0.39, 0.29) is 12.1 Å². The van der Waals surface area contributed by atoms with Crippen LogP contribution in [0.4, 0.5) is 0 Å². The SMILES string of the molecule is N#Cc1ccc(C2NNCC2N)cc1. The summed E-state index contributed by atoms with van der Waals surface area (Å²) in [5.74, 6) is 0. The summed E-state index contributed by atoms with van der Waals surface area (Å²) in [7, 11) is 0. The third kappa shape index (κ3) is 1.61. The van der Waals surface area contributed by atoms with Crippen LogP contribution in [-0.2, 0) is 0 Å². The highest BCUT2D eigenvalue weighted by molar-refractivity contribution is 5.33. The van der Waals surface area contributed by atoms with Gasteiger partial charge >= 0.3 is 0 Å². The van der Waals surface area contributed by atoms with E-state index in [4.69, 9.17) is 11.0 Å². The largest absolute Gasteiger partial charge is 0.325 e. The molecule has 1 aliphatic rings. The van der Waals surface area contributed by atoms with E-state index in [1.165, 1.54) is 0 Å². The van der Waals surface area contributed by atoms with E-state index in [0.717, 1.165) is 12.1 Å². The fourth-order valence-corrected chi connectivity index (χ4v) is 1.61. The van der Waals surface area contributed by atoms with E-state index in [2.05, 4.69) is 16.9 Å². The maximum atomic E-state index is 8.64. The Morgan fingerprint density at radius 2 is 2.07 bits per heavy atom. The van der Waals surface area contributed by atoms with Crippen molar-refractivity contribution in [2.45, 2.75) is 12.1 Å². The van der Waals surface area contributed by atoms with Gasteiger partial charge in [-0.25, -0.2) is 5.43 Å². The second kappa shape index (κ2) is 3.76. The van der Waals surface area contributed by atoms with E-state index in [9.17, 15) is 0 Å². The quantitative estimate of drug-likeness (QED) is 0.581. The number of hydrogen-bond acceptors (Lipinski definition) is 4.